The summed E-state index contributed by atoms with van der Waals surface area (Å²) >= 11 is 0. The van der Waals surface area contributed by atoms with Crippen molar-refractivity contribution in [1.82, 2.24) is 9.97 Å². The number of nitrogens with zero attached hydrogens (tertiary/aromatic N) is 4. The van der Waals surface area contributed by atoms with Crippen molar-refractivity contribution in [3.8, 4) is 0 Å². The highest BCUT2D eigenvalue weighted by Crippen LogP contribution is 2.41. The first-order chi connectivity index (χ1) is 14.5. The summed E-state index contributed by atoms with van der Waals surface area (Å²) in [7, 11) is 0. The molecule has 4 rings (SSSR count). The number of benzene rings is 2. The molecule has 1 aliphatic heterocycles. The van der Waals surface area contributed by atoms with Gasteiger partial charge in [-0.25, -0.2) is 9.97 Å². The number of aromatic nitrogens is 2. The number of ketones is 1. The van der Waals surface area contributed by atoms with Gasteiger partial charge in [-0.1, -0.05) is 42.5 Å². The number of carbonyl (C=O) groups excluding carboxylic acids is 2. The van der Waals surface area contributed by atoms with Crippen LogP contribution in [0.25, 0.3) is 5.76 Å². The number of aliphatic hydroxyl groups excluding tert-OH is 1. The van der Waals surface area contributed by atoms with Gasteiger partial charge in [0.1, 0.15) is 5.76 Å². The van der Waals surface area contributed by atoms with Crippen molar-refractivity contribution in [3.05, 3.63) is 99.9 Å². The van der Waals surface area contributed by atoms with Crippen LogP contribution in [0, 0.1) is 10.1 Å². The molecule has 3 aromatic rings. The minimum atomic E-state index is -1.13. The van der Waals surface area contributed by atoms with Gasteiger partial charge in [0, 0.05) is 30.1 Å². The minimum absolute atomic E-state index is 0.0526. The van der Waals surface area contributed by atoms with Gasteiger partial charge in [0.25, 0.3) is 11.5 Å². The molecule has 1 amide bonds. The van der Waals surface area contributed by atoms with Crippen molar-refractivity contribution in [1.29, 1.82) is 0 Å². The van der Waals surface area contributed by atoms with Crippen LogP contribution in [-0.2, 0) is 9.59 Å². The van der Waals surface area contributed by atoms with Crippen LogP contribution >= 0.6 is 0 Å². The molecule has 2 aromatic carbocycles. The number of rotatable bonds is 4. The molecule has 1 atom stereocenters. The van der Waals surface area contributed by atoms with Gasteiger partial charge in [0.05, 0.1) is 16.5 Å². The Hall–Kier alpha value is -4.40. The summed E-state index contributed by atoms with van der Waals surface area (Å²) in [5, 5.41) is 22.1. The Kier molecular flexibility index (Phi) is 4.77. The van der Waals surface area contributed by atoms with Crippen molar-refractivity contribution in [3.63, 3.8) is 0 Å². The molecular formula is C21H14N4O5. The van der Waals surface area contributed by atoms with Gasteiger partial charge >= 0.3 is 5.91 Å². The first kappa shape index (κ1) is 18.9. The maximum Gasteiger partial charge on any atom is 0.302 e. The number of hydrogen-bond acceptors (Lipinski definition) is 7. The van der Waals surface area contributed by atoms with Gasteiger partial charge < -0.3 is 5.11 Å². The van der Waals surface area contributed by atoms with E-state index in [4.69, 9.17) is 0 Å². The molecule has 0 bridgehead atoms. The van der Waals surface area contributed by atoms with Crippen molar-refractivity contribution < 1.29 is 19.6 Å². The highest BCUT2D eigenvalue weighted by Gasteiger charge is 2.48. The van der Waals surface area contributed by atoms with E-state index in [1.807, 2.05) is 0 Å². The van der Waals surface area contributed by atoms with E-state index in [-0.39, 0.29) is 28.5 Å². The average Bonchev–Trinajstić information content (AvgIpc) is 3.05. The summed E-state index contributed by atoms with van der Waals surface area (Å²) in [5.41, 5.74) is 0.194. The quantitative estimate of drug-likeness (QED) is 0.234. The standard InChI is InChI=1S/C21H14N4O5/c26-18(13-6-2-1-3-7-13)16-17(14-8-4-9-15(12-14)25(29)30)24(20(28)19(16)27)21-22-10-5-11-23-21/h1-12,17,26H/t17-/m0/s1. The predicted octanol–water partition coefficient (Wildman–Crippen LogP) is 3.01. The Labute approximate surface area is 170 Å². The van der Waals surface area contributed by atoms with Crippen LogP contribution in [0.5, 0.6) is 0 Å². The SMILES string of the molecule is O=C1C(=O)N(c2ncccn2)[C@@H](c2cccc([N+](=O)[O-])c2)C1=C(O)c1ccccc1. The summed E-state index contributed by atoms with van der Waals surface area (Å²) in [4.78, 5) is 45.6. The third-order valence-electron chi connectivity index (χ3n) is 4.66. The second kappa shape index (κ2) is 7.55. The Morgan fingerprint density at radius 1 is 1.00 bits per heavy atom. The third-order valence-corrected chi connectivity index (χ3v) is 4.66. The normalized spacial score (nSPS) is 17.9. The molecule has 1 N–H and O–H groups in total. The van der Waals surface area contributed by atoms with Crippen LogP contribution in [0.15, 0.2) is 78.6 Å². The van der Waals surface area contributed by atoms with Crippen molar-refractivity contribution in [2.75, 3.05) is 4.90 Å². The van der Waals surface area contributed by atoms with Crippen LogP contribution in [0.3, 0.4) is 0 Å². The molecule has 2 heterocycles. The summed E-state index contributed by atoms with van der Waals surface area (Å²) in [5.74, 6) is -2.30. The number of anilines is 1. The second-order valence-electron chi connectivity index (χ2n) is 6.44. The largest absolute Gasteiger partial charge is 0.507 e. The van der Waals surface area contributed by atoms with E-state index < -0.39 is 22.7 Å². The summed E-state index contributed by atoms with van der Waals surface area (Å²) in [6, 6.07) is 14.2. The van der Waals surface area contributed by atoms with Crippen LogP contribution in [0.4, 0.5) is 11.6 Å². The Morgan fingerprint density at radius 2 is 1.70 bits per heavy atom. The van der Waals surface area contributed by atoms with Gasteiger partial charge in [-0.2, -0.15) is 0 Å². The zero-order chi connectivity index (χ0) is 21.3. The first-order valence-electron chi connectivity index (χ1n) is 8.87. The molecule has 0 unspecified atom stereocenters. The fourth-order valence-electron chi connectivity index (χ4n) is 3.33. The fraction of sp³-hybridized carbons (Fsp3) is 0.0476. The van der Waals surface area contributed by atoms with Crippen molar-refractivity contribution in [2.45, 2.75) is 6.04 Å². The highest BCUT2D eigenvalue weighted by atomic mass is 16.6. The van der Waals surface area contributed by atoms with Crippen LogP contribution < -0.4 is 4.90 Å². The average molecular weight is 402 g/mol. The molecular weight excluding hydrogens is 388 g/mol. The zero-order valence-corrected chi connectivity index (χ0v) is 15.4. The monoisotopic (exact) mass is 402 g/mol. The van der Waals surface area contributed by atoms with Crippen LogP contribution in [0.1, 0.15) is 17.2 Å². The zero-order valence-electron chi connectivity index (χ0n) is 15.4. The Bertz CT molecular complexity index is 1180. The number of nitro benzene ring substituents is 1. The molecule has 1 aromatic heterocycles. The van der Waals surface area contributed by atoms with Gasteiger partial charge in [-0.3, -0.25) is 24.6 Å². The number of aliphatic hydroxyl groups is 1. The molecule has 30 heavy (non-hydrogen) atoms. The molecule has 0 aliphatic carbocycles. The van der Waals surface area contributed by atoms with E-state index in [9.17, 15) is 24.8 Å². The molecule has 9 heteroatoms. The summed E-state index contributed by atoms with van der Waals surface area (Å²) < 4.78 is 0. The predicted molar refractivity (Wildman–Crippen MR) is 106 cm³/mol. The molecule has 1 saturated heterocycles. The summed E-state index contributed by atoms with van der Waals surface area (Å²) in [6.45, 7) is 0. The van der Waals surface area contributed by atoms with E-state index in [0.29, 0.717) is 5.56 Å². The summed E-state index contributed by atoms with van der Waals surface area (Å²) in [6.07, 6.45) is 2.81. The van der Waals surface area contributed by atoms with Gasteiger partial charge in [0.2, 0.25) is 5.95 Å². The van der Waals surface area contributed by atoms with Crippen LogP contribution in [0.2, 0.25) is 0 Å². The first-order valence-corrected chi connectivity index (χ1v) is 8.87. The lowest BCUT2D eigenvalue weighted by atomic mass is 9.95. The molecule has 9 nitrogen and oxygen atoms in total. The van der Waals surface area contributed by atoms with Crippen molar-refractivity contribution in [2.24, 2.45) is 0 Å². The van der Waals surface area contributed by atoms with Crippen molar-refractivity contribution >= 4 is 29.1 Å². The van der Waals surface area contributed by atoms with E-state index >= 15 is 0 Å². The maximum absolute atomic E-state index is 12.9. The second-order valence-corrected chi connectivity index (χ2v) is 6.44. The van der Waals surface area contributed by atoms with Gasteiger partial charge in [0.15, 0.2) is 0 Å². The molecule has 1 aliphatic rings. The third kappa shape index (κ3) is 3.18. The number of amides is 1. The lowest BCUT2D eigenvalue weighted by Gasteiger charge is -2.23. The topological polar surface area (TPSA) is 127 Å². The highest BCUT2D eigenvalue weighted by molar-refractivity contribution is 6.51. The van der Waals surface area contributed by atoms with Gasteiger partial charge in [-0.05, 0) is 11.6 Å². The van der Waals surface area contributed by atoms with E-state index in [1.54, 1.807) is 36.4 Å². The lowest BCUT2D eigenvalue weighted by molar-refractivity contribution is -0.384. The van der Waals surface area contributed by atoms with Gasteiger partial charge in [-0.15, -0.1) is 0 Å². The molecule has 0 spiro atoms. The smallest absolute Gasteiger partial charge is 0.302 e. The number of nitro groups is 1. The minimum Gasteiger partial charge on any atom is -0.507 e. The van der Waals surface area contributed by atoms with E-state index in [0.717, 1.165) is 4.90 Å². The lowest BCUT2D eigenvalue weighted by Crippen LogP contribution is -2.31. The number of carbonyl (C=O) groups is 2. The van der Waals surface area contributed by atoms with Crippen LogP contribution in [-0.4, -0.2) is 31.7 Å². The fourth-order valence-corrected chi connectivity index (χ4v) is 3.33. The Balaban J connectivity index is 1.97. The number of hydrogen-bond donors (Lipinski definition) is 1. The molecule has 0 radical (unpaired) electrons. The number of Topliss-reactive ketones (excluding diaryl/α,β-unsaturated/α-hetero) is 1. The number of non-ortho nitro benzene ring substituents is 1. The maximum atomic E-state index is 12.9. The molecule has 0 saturated carbocycles. The molecule has 1 fully saturated rings. The Morgan fingerprint density at radius 3 is 2.37 bits per heavy atom. The van der Waals surface area contributed by atoms with E-state index in [1.165, 1.54) is 36.7 Å². The molecule has 148 valence electrons. The van der Waals surface area contributed by atoms with E-state index in [2.05, 4.69) is 9.97 Å².